The molecular formula is C21H23N7O. The Balaban J connectivity index is 1.21. The second-order valence-corrected chi connectivity index (χ2v) is 7.48. The summed E-state index contributed by atoms with van der Waals surface area (Å²) >= 11 is 0. The maximum absolute atomic E-state index is 12.8. The Hall–Kier alpha value is -3.42. The minimum Gasteiger partial charge on any atom is -0.361 e. The third-order valence-electron chi connectivity index (χ3n) is 5.66. The molecule has 0 bridgehead atoms. The molecule has 3 N–H and O–H groups in total. The highest BCUT2D eigenvalue weighted by molar-refractivity contribution is 5.85. The monoisotopic (exact) mass is 389 g/mol. The normalized spacial score (nSPS) is 17.1. The van der Waals surface area contributed by atoms with Crippen molar-refractivity contribution in [3.05, 3.63) is 48.7 Å². The molecule has 1 fully saturated rings. The second-order valence-electron chi connectivity index (χ2n) is 7.48. The van der Waals surface area contributed by atoms with Gasteiger partial charge in [0.2, 0.25) is 5.91 Å². The van der Waals surface area contributed by atoms with Crippen LogP contribution in [0.5, 0.6) is 0 Å². The number of hydrogen-bond acceptors (Lipinski definition) is 5. The molecule has 0 saturated carbocycles. The number of anilines is 1. The molecule has 5 rings (SSSR count). The number of rotatable bonds is 5. The first kappa shape index (κ1) is 17.7. The minimum absolute atomic E-state index is 0.0420. The van der Waals surface area contributed by atoms with Gasteiger partial charge in [-0.25, -0.2) is 15.0 Å². The maximum atomic E-state index is 12.8. The molecule has 1 amide bonds. The predicted octanol–water partition coefficient (Wildman–Crippen LogP) is 2.41. The number of nitrogens with zero attached hydrogens (tertiary/aromatic N) is 4. The summed E-state index contributed by atoms with van der Waals surface area (Å²) in [7, 11) is 0. The van der Waals surface area contributed by atoms with Crippen LogP contribution in [0.25, 0.3) is 22.1 Å². The van der Waals surface area contributed by atoms with Gasteiger partial charge in [0, 0.05) is 36.7 Å². The Bertz CT molecular complexity index is 1150. The van der Waals surface area contributed by atoms with Gasteiger partial charge in [0.05, 0.1) is 12.2 Å². The van der Waals surface area contributed by atoms with E-state index in [0.717, 1.165) is 42.7 Å². The van der Waals surface area contributed by atoms with Crippen LogP contribution in [0.1, 0.15) is 18.4 Å². The van der Waals surface area contributed by atoms with E-state index in [-0.39, 0.29) is 11.8 Å². The number of H-pyrrole nitrogens is 2. The van der Waals surface area contributed by atoms with Crippen LogP contribution < -0.4 is 10.2 Å². The number of aromatic amines is 2. The van der Waals surface area contributed by atoms with E-state index >= 15 is 0 Å². The van der Waals surface area contributed by atoms with Crippen molar-refractivity contribution in [2.75, 3.05) is 24.5 Å². The van der Waals surface area contributed by atoms with Crippen LogP contribution in [0.4, 0.5) is 5.82 Å². The highest BCUT2D eigenvalue weighted by Gasteiger charge is 2.27. The van der Waals surface area contributed by atoms with Crippen molar-refractivity contribution in [1.82, 2.24) is 30.2 Å². The van der Waals surface area contributed by atoms with Gasteiger partial charge >= 0.3 is 0 Å². The molecule has 0 radical (unpaired) electrons. The smallest absolute Gasteiger partial charge is 0.224 e. The van der Waals surface area contributed by atoms with E-state index in [9.17, 15) is 4.79 Å². The van der Waals surface area contributed by atoms with Crippen LogP contribution in [0.3, 0.4) is 0 Å². The fourth-order valence-corrected chi connectivity index (χ4v) is 4.18. The average Bonchev–Trinajstić information content (AvgIpc) is 3.41. The molecule has 1 atom stereocenters. The number of imidazole rings is 1. The molecule has 0 aliphatic carbocycles. The van der Waals surface area contributed by atoms with Gasteiger partial charge in [0.25, 0.3) is 0 Å². The molecule has 1 saturated heterocycles. The zero-order valence-electron chi connectivity index (χ0n) is 16.1. The van der Waals surface area contributed by atoms with Crippen LogP contribution >= 0.6 is 0 Å². The number of fused-ring (bicyclic) bond motifs is 2. The van der Waals surface area contributed by atoms with Crippen molar-refractivity contribution in [2.24, 2.45) is 5.92 Å². The summed E-state index contributed by atoms with van der Waals surface area (Å²) < 4.78 is 0. The van der Waals surface area contributed by atoms with E-state index in [4.69, 9.17) is 0 Å². The summed E-state index contributed by atoms with van der Waals surface area (Å²) in [6.07, 6.45) is 7.86. The number of para-hydroxylation sites is 1. The number of benzene rings is 1. The molecule has 8 heteroatoms. The first-order chi connectivity index (χ1) is 14.3. The van der Waals surface area contributed by atoms with E-state index in [1.165, 1.54) is 17.3 Å². The van der Waals surface area contributed by atoms with Gasteiger partial charge in [0.1, 0.15) is 11.8 Å². The molecule has 0 spiro atoms. The van der Waals surface area contributed by atoms with Gasteiger partial charge in [-0.3, -0.25) is 4.79 Å². The Kier molecular flexibility index (Phi) is 4.59. The van der Waals surface area contributed by atoms with Crippen molar-refractivity contribution in [2.45, 2.75) is 19.3 Å². The number of amides is 1. The van der Waals surface area contributed by atoms with Gasteiger partial charge in [-0.1, -0.05) is 18.2 Å². The first-order valence-corrected chi connectivity index (χ1v) is 10.0. The minimum atomic E-state index is -0.0420. The average molecular weight is 389 g/mol. The van der Waals surface area contributed by atoms with Crippen LogP contribution in [0, 0.1) is 5.92 Å². The molecular weight excluding hydrogens is 366 g/mol. The van der Waals surface area contributed by atoms with Crippen molar-refractivity contribution in [3.8, 4) is 0 Å². The van der Waals surface area contributed by atoms with Crippen LogP contribution in [0.2, 0.25) is 0 Å². The van der Waals surface area contributed by atoms with E-state index in [1.807, 2.05) is 18.3 Å². The Morgan fingerprint density at radius 3 is 3.10 bits per heavy atom. The largest absolute Gasteiger partial charge is 0.361 e. The van der Waals surface area contributed by atoms with Crippen molar-refractivity contribution >= 4 is 33.8 Å². The summed E-state index contributed by atoms with van der Waals surface area (Å²) in [6.45, 7) is 2.17. The molecule has 8 nitrogen and oxygen atoms in total. The van der Waals surface area contributed by atoms with E-state index in [1.54, 1.807) is 6.33 Å². The van der Waals surface area contributed by atoms with Gasteiger partial charge in [-0.2, -0.15) is 0 Å². The van der Waals surface area contributed by atoms with Crippen molar-refractivity contribution in [1.29, 1.82) is 0 Å². The molecule has 4 aromatic rings. The highest BCUT2D eigenvalue weighted by atomic mass is 16.1. The molecule has 1 aliphatic rings. The lowest BCUT2D eigenvalue weighted by molar-refractivity contribution is -0.125. The number of carbonyl (C=O) groups is 1. The van der Waals surface area contributed by atoms with Gasteiger partial charge < -0.3 is 20.2 Å². The lowest BCUT2D eigenvalue weighted by Gasteiger charge is -2.32. The molecule has 0 unspecified atom stereocenters. The number of nitrogens with one attached hydrogen (secondary N) is 3. The van der Waals surface area contributed by atoms with Gasteiger partial charge in [-0.15, -0.1) is 0 Å². The van der Waals surface area contributed by atoms with Gasteiger partial charge in [-0.05, 0) is 30.9 Å². The number of piperidine rings is 1. The summed E-state index contributed by atoms with van der Waals surface area (Å²) in [5.41, 5.74) is 3.84. The predicted molar refractivity (Wildman–Crippen MR) is 112 cm³/mol. The number of carbonyl (C=O) groups excluding carboxylic acids is 1. The van der Waals surface area contributed by atoms with Crippen molar-refractivity contribution < 1.29 is 4.79 Å². The van der Waals surface area contributed by atoms with E-state index in [2.05, 4.69) is 47.3 Å². The third-order valence-corrected chi connectivity index (χ3v) is 5.66. The standard InChI is InChI=1S/C21H23N7O/c29-21(22-8-7-14-10-23-17-6-2-1-5-16(14)17)15-4-3-9-28(11-15)20-18-19(25-12-24-18)26-13-27-20/h1-2,5-6,10,12-13,15,23H,3-4,7-9,11H2,(H,22,29)(H,24,25,26,27)/t15-/m0/s1. The third kappa shape index (κ3) is 3.41. The van der Waals surface area contributed by atoms with E-state index < -0.39 is 0 Å². The topological polar surface area (TPSA) is 103 Å². The summed E-state index contributed by atoms with van der Waals surface area (Å²) in [5.74, 6) is 0.896. The van der Waals surface area contributed by atoms with Crippen LogP contribution in [-0.4, -0.2) is 50.5 Å². The lowest BCUT2D eigenvalue weighted by Crippen LogP contribution is -2.43. The second kappa shape index (κ2) is 7.54. The zero-order valence-corrected chi connectivity index (χ0v) is 16.1. The molecule has 4 heterocycles. The van der Waals surface area contributed by atoms with Crippen LogP contribution in [0.15, 0.2) is 43.1 Å². The quantitative estimate of drug-likeness (QED) is 0.486. The maximum Gasteiger partial charge on any atom is 0.224 e. The summed E-state index contributed by atoms with van der Waals surface area (Å²) in [6, 6.07) is 8.24. The van der Waals surface area contributed by atoms with Gasteiger partial charge in [0.15, 0.2) is 11.5 Å². The fourth-order valence-electron chi connectivity index (χ4n) is 4.18. The molecule has 3 aromatic heterocycles. The lowest BCUT2D eigenvalue weighted by atomic mass is 9.97. The van der Waals surface area contributed by atoms with Crippen molar-refractivity contribution in [3.63, 3.8) is 0 Å². The molecule has 1 aromatic carbocycles. The highest BCUT2D eigenvalue weighted by Crippen LogP contribution is 2.26. The number of hydrogen-bond donors (Lipinski definition) is 3. The number of aromatic nitrogens is 5. The fraction of sp³-hybridized carbons (Fsp3) is 0.333. The SMILES string of the molecule is O=C(NCCc1c[nH]c2ccccc12)[C@H]1CCCN(c2ncnc3nc[nH]c23)C1. The summed E-state index contributed by atoms with van der Waals surface area (Å²) in [4.78, 5) is 34.1. The first-order valence-electron chi connectivity index (χ1n) is 10.0. The molecule has 148 valence electrons. The Morgan fingerprint density at radius 2 is 2.14 bits per heavy atom. The van der Waals surface area contributed by atoms with E-state index in [0.29, 0.717) is 18.7 Å². The Morgan fingerprint density at radius 1 is 1.21 bits per heavy atom. The Labute approximate surface area is 167 Å². The van der Waals surface area contributed by atoms with Crippen LogP contribution in [-0.2, 0) is 11.2 Å². The summed E-state index contributed by atoms with van der Waals surface area (Å²) in [5, 5.41) is 4.35. The zero-order chi connectivity index (χ0) is 19.6. The molecule has 29 heavy (non-hydrogen) atoms. The molecule has 1 aliphatic heterocycles.